The van der Waals surface area contributed by atoms with Crippen molar-refractivity contribution in [1.29, 1.82) is 0 Å². The number of hydrogen-bond acceptors (Lipinski definition) is 3. The number of hydrogen-bond donors (Lipinski definition) is 0. The molecule has 3 nitrogen and oxygen atoms in total. The molecule has 0 aliphatic heterocycles. The molecule has 0 amide bonds. The van der Waals surface area contributed by atoms with Crippen molar-refractivity contribution >= 4 is 27.5 Å². The van der Waals surface area contributed by atoms with Gasteiger partial charge in [-0.1, -0.05) is 12.1 Å². The second kappa shape index (κ2) is 5.27. The summed E-state index contributed by atoms with van der Waals surface area (Å²) in [6.07, 6.45) is 3.16. The van der Waals surface area contributed by atoms with Gasteiger partial charge in [0.2, 0.25) is 5.88 Å². The molecular formula is C11H8BrClN2O. The molecule has 82 valence electrons. The van der Waals surface area contributed by atoms with Gasteiger partial charge in [0, 0.05) is 6.20 Å². The van der Waals surface area contributed by atoms with Gasteiger partial charge in [0.1, 0.15) is 5.75 Å². The minimum absolute atomic E-state index is 0.320. The average Bonchev–Trinajstić information content (AvgIpc) is 2.32. The Bertz CT molecular complexity index is 493. The van der Waals surface area contributed by atoms with Crippen LogP contribution in [0.15, 0.2) is 41.1 Å². The summed E-state index contributed by atoms with van der Waals surface area (Å²) in [4.78, 5) is 8.18. The molecule has 0 N–H and O–H groups in total. The summed E-state index contributed by atoms with van der Waals surface area (Å²) >= 11 is 9.06. The summed E-state index contributed by atoms with van der Waals surface area (Å²) in [5.74, 6) is 1.45. The highest BCUT2D eigenvalue weighted by atomic mass is 79.9. The lowest BCUT2D eigenvalue weighted by atomic mass is 10.3. The average molecular weight is 300 g/mol. The van der Waals surface area contributed by atoms with Gasteiger partial charge < -0.3 is 4.74 Å². The van der Waals surface area contributed by atoms with E-state index < -0.39 is 0 Å². The topological polar surface area (TPSA) is 35.0 Å². The Labute approximate surface area is 107 Å². The van der Waals surface area contributed by atoms with E-state index in [2.05, 4.69) is 25.9 Å². The molecular weight excluding hydrogens is 291 g/mol. The molecule has 2 rings (SSSR count). The molecule has 2 aromatic rings. The number of para-hydroxylation sites is 1. The molecule has 0 saturated heterocycles. The Kier molecular flexibility index (Phi) is 3.74. The maximum Gasteiger partial charge on any atom is 0.238 e. The highest BCUT2D eigenvalue weighted by Crippen LogP contribution is 2.27. The number of rotatable bonds is 3. The largest absolute Gasteiger partial charge is 0.436 e. The quantitative estimate of drug-likeness (QED) is 0.809. The molecule has 0 aliphatic rings. The molecule has 0 saturated carbocycles. The van der Waals surface area contributed by atoms with Crippen LogP contribution in [-0.2, 0) is 5.88 Å². The highest BCUT2D eigenvalue weighted by Gasteiger charge is 2.03. The summed E-state index contributed by atoms with van der Waals surface area (Å²) in [6, 6.07) is 7.55. The third kappa shape index (κ3) is 2.71. The SMILES string of the molecule is ClCc1cncc(Oc2ccccc2Br)n1. The van der Waals surface area contributed by atoms with Crippen molar-refractivity contribution in [2.45, 2.75) is 5.88 Å². The summed E-state index contributed by atoms with van der Waals surface area (Å²) in [5.41, 5.74) is 0.686. The third-order valence-electron chi connectivity index (χ3n) is 1.85. The fraction of sp³-hybridized carbons (Fsp3) is 0.0909. The molecule has 0 radical (unpaired) electrons. The van der Waals surface area contributed by atoms with E-state index in [0.29, 0.717) is 23.2 Å². The maximum atomic E-state index is 5.67. The van der Waals surface area contributed by atoms with Crippen molar-refractivity contribution in [3.05, 3.63) is 46.8 Å². The number of nitrogens with zero attached hydrogens (tertiary/aromatic N) is 2. The van der Waals surface area contributed by atoms with Crippen LogP contribution in [0.3, 0.4) is 0 Å². The van der Waals surface area contributed by atoms with Gasteiger partial charge in [-0.15, -0.1) is 11.6 Å². The predicted molar refractivity (Wildman–Crippen MR) is 65.8 cm³/mol. The first-order valence-electron chi connectivity index (χ1n) is 4.59. The minimum Gasteiger partial charge on any atom is -0.436 e. The van der Waals surface area contributed by atoms with Gasteiger partial charge in [-0.3, -0.25) is 4.98 Å². The number of aromatic nitrogens is 2. The lowest BCUT2D eigenvalue weighted by Crippen LogP contribution is -1.93. The number of ether oxygens (including phenoxy) is 1. The molecule has 0 unspecified atom stereocenters. The lowest BCUT2D eigenvalue weighted by Gasteiger charge is -2.06. The summed E-state index contributed by atoms with van der Waals surface area (Å²) in [7, 11) is 0. The van der Waals surface area contributed by atoms with E-state index in [-0.39, 0.29) is 0 Å². The Morgan fingerprint density at radius 3 is 2.81 bits per heavy atom. The molecule has 0 bridgehead atoms. The van der Waals surface area contributed by atoms with Gasteiger partial charge in [-0.25, -0.2) is 4.98 Å². The molecule has 5 heteroatoms. The van der Waals surface area contributed by atoms with Gasteiger partial charge in [0.25, 0.3) is 0 Å². The molecule has 0 fully saturated rings. The molecule has 0 aliphatic carbocycles. The van der Waals surface area contributed by atoms with E-state index in [4.69, 9.17) is 16.3 Å². The Hall–Kier alpha value is -1.13. The van der Waals surface area contributed by atoms with Crippen LogP contribution in [-0.4, -0.2) is 9.97 Å². The zero-order valence-corrected chi connectivity index (χ0v) is 10.6. The zero-order chi connectivity index (χ0) is 11.4. The number of benzene rings is 1. The molecule has 1 heterocycles. The van der Waals surface area contributed by atoms with Crippen LogP contribution in [0.1, 0.15) is 5.69 Å². The second-order valence-corrected chi connectivity index (χ2v) is 4.14. The highest BCUT2D eigenvalue weighted by molar-refractivity contribution is 9.10. The molecule has 0 atom stereocenters. The van der Waals surface area contributed by atoms with Crippen LogP contribution in [0.4, 0.5) is 0 Å². The summed E-state index contributed by atoms with van der Waals surface area (Å²) in [5, 5.41) is 0. The molecule has 0 spiro atoms. The van der Waals surface area contributed by atoms with Crippen LogP contribution in [0, 0.1) is 0 Å². The van der Waals surface area contributed by atoms with E-state index in [0.717, 1.165) is 4.47 Å². The van der Waals surface area contributed by atoms with Crippen LogP contribution >= 0.6 is 27.5 Å². The minimum atomic E-state index is 0.320. The van der Waals surface area contributed by atoms with Crippen molar-refractivity contribution in [2.75, 3.05) is 0 Å². The van der Waals surface area contributed by atoms with Gasteiger partial charge in [0.15, 0.2) is 0 Å². The van der Waals surface area contributed by atoms with E-state index in [1.54, 1.807) is 12.4 Å². The monoisotopic (exact) mass is 298 g/mol. The van der Waals surface area contributed by atoms with Crippen molar-refractivity contribution < 1.29 is 4.74 Å². The van der Waals surface area contributed by atoms with Crippen molar-refractivity contribution in [1.82, 2.24) is 9.97 Å². The van der Waals surface area contributed by atoms with Gasteiger partial charge in [-0.2, -0.15) is 0 Å². The predicted octanol–water partition coefficient (Wildman–Crippen LogP) is 3.77. The van der Waals surface area contributed by atoms with Gasteiger partial charge in [-0.05, 0) is 28.1 Å². The lowest BCUT2D eigenvalue weighted by molar-refractivity contribution is 0.455. The molecule has 16 heavy (non-hydrogen) atoms. The first-order valence-corrected chi connectivity index (χ1v) is 5.91. The van der Waals surface area contributed by atoms with Crippen LogP contribution < -0.4 is 4.74 Å². The van der Waals surface area contributed by atoms with E-state index >= 15 is 0 Å². The third-order valence-corrected chi connectivity index (χ3v) is 2.78. The summed E-state index contributed by atoms with van der Waals surface area (Å²) in [6.45, 7) is 0. The molecule has 1 aromatic heterocycles. The molecule has 1 aromatic carbocycles. The van der Waals surface area contributed by atoms with Gasteiger partial charge >= 0.3 is 0 Å². The fourth-order valence-electron chi connectivity index (χ4n) is 1.14. The summed E-state index contributed by atoms with van der Waals surface area (Å²) < 4.78 is 6.44. The standard InChI is InChI=1S/C11H8BrClN2O/c12-9-3-1-2-4-10(9)16-11-7-14-6-8(5-13)15-11/h1-4,6-7H,5H2. The van der Waals surface area contributed by atoms with E-state index in [1.165, 1.54) is 0 Å². The van der Waals surface area contributed by atoms with E-state index in [9.17, 15) is 0 Å². The fourth-order valence-corrected chi connectivity index (χ4v) is 1.63. The van der Waals surface area contributed by atoms with Gasteiger partial charge in [0.05, 0.1) is 22.2 Å². The van der Waals surface area contributed by atoms with Crippen molar-refractivity contribution in [3.8, 4) is 11.6 Å². The van der Waals surface area contributed by atoms with Crippen molar-refractivity contribution in [3.63, 3.8) is 0 Å². The maximum absolute atomic E-state index is 5.67. The normalized spacial score (nSPS) is 10.1. The zero-order valence-electron chi connectivity index (χ0n) is 8.23. The number of alkyl halides is 1. The van der Waals surface area contributed by atoms with Crippen LogP contribution in [0.2, 0.25) is 0 Å². The Morgan fingerprint density at radius 2 is 2.06 bits per heavy atom. The first-order chi connectivity index (χ1) is 7.79. The van der Waals surface area contributed by atoms with Crippen molar-refractivity contribution in [2.24, 2.45) is 0 Å². The Morgan fingerprint density at radius 1 is 1.25 bits per heavy atom. The smallest absolute Gasteiger partial charge is 0.238 e. The number of halogens is 2. The Balaban J connectivity index is 2.24. The van der Waals surface area contributed by atoms with E-state index in [1.807, 2.05) is 24.3 Å². The first kappa shape index (κ1) is 11.4. The van der Waals surface area contributed by atoms with Crippen LogP contribution in [0.5, 0.6) is 11.6 Å². The second-order valence-electron chi connectivity index (χ2n) is 3.01. The van der Waals surface area contributed by atoms with Crippen LogP contribution in [0.25, 0.3) is 0 Å².